The molecule has 1 N–H and O–H groups in total. The predicted octanol–water partition coefficient (Wildman–Crippen LogP) is 1.37. The molecule has 2 saturated heterocycles. The highest BCUT2D eigenvalue weighted by atomic mass is 16.2. The predicted molar refractivity (Wildman–Crippen MR) is 103 cm³/mol. The molecule has 3 aliphatic heterocycles. The molecule has 2 amide bonds. The third kappa shape index (κ3) is 2.33. The van der Waals surface area contributed by atoms with E-state index in [2.05, 4.69) is 0 Å². The minimum absolute atomic E-state index is 0.0424. The number of ketones is 1. The van der Waals surface area contributed by atoms with Crippen LogP contribution in [0.5, 0.6) is 0 Å². The Hall–Kier alpha value is -3.05. The third-order valence-corrected chi connectivity index (χ3v) is 6.33. The van der Waals surface area contributed by atoms with E-state index in [0.29, 0.717) is 0 Å². The Morgan fingerprint density at radius 3 is 2.39 bits per heavy atom. The average molecular weight is 373 g/mol. The van der Waals surface area contributed by atoms with Crippen molar-refractivity contribution in [2.75, 3.05) is 0 Å². The Bertz CT molecular complexity index is 1010. The first kappa shape index (κ1) is 17.1. The summed E-state index contributed by atoms with van der Waals surface area (Å²) in [7, 11) is 0. The molecule has 0 bridgehead atoms. The van der Waals surface area contributed by atoms with E-state index in [9.17, 15) is 14.4 Å². The van der Waals surface area contributed by atoms with E-state index in [1.54, 1.807) is 0 Å². The van der Waals surface area contributed by atoms with Gasteiger partial charge in [0.05, 0.1) is 12.7 Å². The van der Waals surface area contributed by atoms with Crippen molar-refractivity contribution in [1.29, 1.82) is 0 Å². The Morgan fingerprint density at radius 1 is 0.964 bits per heavy atom. The average Bonchev–Trinajstić information content (AvgIpc) is 3.18. The van der Waals surface area contributed by atoms with Gasteiger partial charge in [0.15, 0.2) is 11.8 Å². The summed E-state index contributed by atoms with van der Waals surface area (Å²) in [6.07, 6.45) is 3.95. The van der Waals surface area contributed by atoms with E-state index < -0.39 is 17.9 Å². The van der Waals surface area contributed by atoms with Gasteiger partial charge >= 0.3 is 0 Å². The number of Topliss-reactive ketones (excluding diaryl/α,β-unsaturated/α-hetero) is 1. The summed E-state index contributed by atoms with van der Waals surface area (Å²) < 4.78 is 0. The van der Waals surface area contributed by atoms with Crippen LogP contribution in [-0.4, -0.2) is 28.5 Å². The first-order valence-electron chi connectivity index (χ1n) is 9.61. The second-order valence-corrected chi connectivity index (χ2v) is 7.83. The van der Waals surface area contributed by atoms with Crippen LogP contribution >= 0.6 is 0 Å². The number of hydrogen-bond acceptors (Lipinski definition) is 3. The molecule has 5 rings (SSSR count). The molecule has 2 fully saturated rings. The second-order valence-electron chi connectivity index (χ2n) is 7.83. The largest absolute Gasteiger partial charge is 0.293 e. The van der Waals surface area contributed by atoms with E-state index in [4.69, 9.17) is 0 Å². The lowest BCUT2D eigenvalue weighted by Crippen LogP contribution is -3.12. The van der Waals surface area contributed by atoms with E-state index >= 15 is 0 Å². The van der Waals surface area contributed by atoms with E-state index in [1.165, 1.54) is 11.8 Å². The zero-order valence-corrected chi connectivity index (χ0v) is 15.5. The van der Waals surface area contributed by atoms with Crippen molar-refractivity contribution in [2.24, 2.45) is 11.8 Å². The smallest absolute Gasteiger partial charge is 0.240 e. The molecule has 0 aromatic heterocycles. The van der Waals surface area contributed by atoms with Gasteiger partial charge in [-0.1, -0.05) is 54.6 Å². The number of nitrogens with one attached hydrogen (secondary N) is 1. The summed E-state index contributed by atoms with van der Waals surface area (Å²) in [6, 6.07) is 16.8. The number of carbonyl (C=O) groups excluding carboxylic acids is 3. The summed E-state index contributed by atoms with van der Waals surface area (Å²) in [5, 5.41) is 0. The number of benzene rings is 2. The number of nitrogens with zero attached hydrogens (tertiary/aromatic N) is 1. The van der Waals surface area contributed by atoms with Gasteiger partial charge in [-0.05, 0) is 17.2 Å². The van der Waals surface area contributed by atoms with Gasteiger partial charge < -0.3 is 0 Å². The molecule has 3 heterocycles. The topological polar surface area (TPSA) is 58.9 Å². The SMILES string of the molecule is CC(=O)[C@@H]1[C@@H]2C(=O)N(Cc3ccccc3)C(=O)[C@@H]2[C@H]2c3ccccc3C=C[NH+]12. The molecule has 2 aromatic rings. The van der Waals surface area contributed by atoms with Crippen molar-refractivity contribution in [1.82, 2.24) is 4.90 Å². The van der Waals surface area contributed by atoms with E-state index in [0.717, 1.165) is 21.6 Å². The third-order valence-electron chi connectivity index (χ3n) is 6.33. The summed E-state index contributed by atoms with van der Waals surface area (Å²) in [6.45, 7) is 1.79. The highest BCUT2D eigenvalue weighted by molar-refractivity contribution is 6.08. The van der Waals surface area contributed by atoms with Crippen LogP contribution in [0.25, 0.3) is 6.08 Å². The molecule has 5 heteroatoms. The Balaban J connectivity index is 1.58. The van der Waals surface area contributed by atoms with Gasteiger partial charge in [0.2, 0.25) is 11.8 Å². The molecule has 28 heavy (non-hydrogen) atoms. The molecular weight excluding hydrogens is 352 g/mol. The van der Waals surface area contributed by atoms with Crippen molar-refractivity contribution in [3.8, 4) is 0 Å². The molecule has 2 aromatic carbocycles. The molecule has 5 nitrogen and oxygen atoms in total. The van der Waals surface area contributed by atoms with E-state index in [-0.39, 0.29) is 30.2 Å². The van der Waals surface area contributed by atoms with Gasteiger partial charge in [0, 0.05) is 12.5 Å². The van der Waals surface area contributed by atoms with Gasteiger partial charge in [0.25, 0.3) is 0 Å². The maximum atomic E-state index is 13.4. The van der Waals surface area contributed by atoms with Crippen LogP contribution in [0.4, 0.5) is 0 Å². The lowest BCUT2D eigenvalue weighted by Gasteiger charge is -2.30. The fraction of sp³-hybridized carbons (Fsp3) is 0.261. The van der Waals surface area contributed by atoms with Crippen LogP contribution in [0.2, 0.25) is 0 Å². The quantitative estimate of drug-likeness (QED) is 0.827. The van der Waals surface area contributed by atoms with Crippen molar-refractivity contribution >= 4 is 23.7 Å². The van der Waals surface area contributed by atoms with Crippen molar-refractivity contribution in [2.45, 2.75) is 25.6 Å². The molecule has 140 valence electrons. The molecular formula is C23H21N2O3+. The fourth-order valence-corrected chi connectivity index (χ4v) is 5.21. The fourth-order valence-electron chi connectivity index (χ4n) is 5.21. The van der Waals surface area contributed by atoms with Crippen molar-refractivity contribution in [3.63, 3.8) is 0 Å². The zero-order chi connectivity index (χ0) is 19.4. The van der Waals surface area contributed by atoms with Crippen molar-refractivity contribution < 1.29 is 19.3 Å². The second kappa shape index (κ2) is 6.24. The summed E-state index contributed by atoms with van der Waals surface area (Å²) in [4.78, 5) is 41.5. The highest BCUT2D eigenvalue weighted by Gasteiger charge is 2.67. The maximum absolute atomic E-state index is 13.4. The number of amides is 2. The molecule has 0 saturated carbocycles. The zero-order valence-electron chi connectivity index (χ0n) is 15.5. The summed E-state index contributed by atoms with van der Waals surface area (Å²) in [5.74, 6) is -1.50. The number of hydrogen-bond donors (Lipinski definition) is 1. The first-order chi connectivity index (χ1) is 13.6. The van der Waals surface area contributed by atoms with E-state index in [1.807, 2.05) is 66.9 Å². The van der Waals surface area contributed by atoms with Gasteiger partial charge in [-0.3, -0.25) is 24.2 Å². The number of likely N-dealkylation sites (tertiary alicyclic amines) is 1. The number of imide groups is 1. The maximum Gasteiger partial charge on any atom is 0.240 e. The van der Waals surface area contributed by atoms with Crippen LogP contribution in [-0.2, 0) is 20.9 Å². The molecule has 3 aliphatic rings. The Morgan fingerprint density at radius 2 is 1.64 bits per heavy atom. The number of fused-ring (bicyclic) bond motifs is 5. The Kier molecular flexibility index (Phi) is 3.81. The Labute approximate surface area is 163 Å². The lowest BCUT2D eigenvalue weighted by atomic mass is 9.84. The number of quaternary nitrogens is 1. The van der Waals surface area contributed by atoms with Crippen LogP contribution in [0.1, 0.15) is 29.7 Å². The van der Waals surface area contributed by atoms with Gasteiger partial charge in [-0.15, -0.1) is 0 Å². The highest BCUT2D eigenvalue weighted by Crippen LogP contribution is 2.43. The molecule has 0 aliphatic carbocycles. The number of carbonyl (C=O) groups is 3. The van der Waals surface area contributed by atoms with Crippen LogP contribution in [0, 0.1) is 11.8 Å². The standard InChI is InChI=1S/C23H20N2O3/c1-14(26)20-18-19(21-17-10-6-5-9-16(17)11-12-24(20)21)23(28)25(22(18)27)13-15-7-3-2-4-8-15/h2-12,18-21H,13H2,1H3/p+1/t18-,19+,20-,21-/m1/s1. The van der Waals surface area contributed by atoms with Crippen molar-refractivity contribution in [3.05, 3.63) is 77.5 Å². The van der Waals surface area contributed by atoms with Crippen LogP contribution < -0.4 is 4.90 Å². The lowest BCUT2D eigenvalue weighted by molar-refractivity contribution is -0.884. The molecule has 5 atom stereocenters. The molecule has 0 radical (unpaired) electrons. The van der Waals surface area contributed by atoms with Gasteiger partial charge in [-0.2, -0.15) is 0 Å². The monoisotopic (exact) mass is 373 g/mol. The minimum atomic E-state index is -0.593. The molecule has 0 spiro atoms. The first-order valence-corrected chi connectivity index (χ1v) is 9.61. The summed E-state index contributed by atoms with van der Waals surface area (Å²) >= 11 is 0. The molecule has 1 unspecified atom stereocenters. The van der Waals surface area contributed by atoms with Crippen LogP contribution in [0.15, 0.2) is 60.8 Å². The normalized spacial score (nSPS) is 30.2. The van der Waals surface area contributed by atoms with Gasteiger partial charge in [0.1, 0.15) is 17.9 Å². The van der Waals surface area contributed by atoms with Gasteiger partial charge in [-0.25, -0.2) is 0 Å². The summed E-state index contributed by atoms with van der Waals surface area (Å²) in [5.41, 5.74) is 3.01. The number of rotatable bonds is 3. The minimum Gasteiger partial charge on any atom is -0.293 e. The van der Waals surface area contributed by atoms with Crippen LogP contribution in [0.3, 0.4) is 0 Å².